The van der Waals surface area contributed by atoms with Gasteiger partial charge in [0.1, 0.15) is 0 Å². The fourth-order valence-electron chi connectivity index (χ4n) is 2.09. The van der Waals surface area contributed by atoms with E-state index in [1.807, 2.05) is 12.3 Å². The van der Waals surface area contributed by atoms with Crippen molar-refractivity contribution in [1.82, 2.24) is 9.88 Å². The Morgan fingerprint density at radius 1 is 1.46 bits per heavy atom. The van der Waals surface area contributed by atoms with Gasteiger partial charge in [0.25, 0.3) is 0 Å². The van der Waals surface area contributed by atoms with Gasteiger partial charge in [-0.15, -0.1) is 0 Å². The molecule has 70 valence electrons. The van der Waals surface area contributed by atoms with Crippen LogP contribution in [0.3, 0.4) is 0 Å². The van der Waals surface area contributed by atoms with Crippen molar-refractivity contribution in [3.8, 4) is 0 Å². The maximum Gasteiger partial charge on any atom is 0.0607 e. The normalized spacial score (nSPS) is 21.6. The van der Waals surface area contributed by atoms with Gasteiger partial charge >= 0.3 is 0 Å². The third-order valence-corrected chi connectivity index (χ3v) is 2.79. The first-order valence-corrected chi connectivity index (χ1v) is 4.89. The van der Waals surface area contributed by atoms with E-state index >= 15 is 0 Å². The second-order valence-corrected chi connectivity index (χ2v) is 3.92. The van der Waals surface area contributed by atoms with E-state index in [2.05, 4.69) is 30.0 Å². The molecule has 1 heterocycles. The predicted octanol–water partition coefficient (Wildman–Crippen LogP) is 2.02. The van der Waals surface area contributed by atoms with Crippen LogP contribution in [-0.4, -0.2) is 24.0 Å². The van der Waals surface area contributed by atoms with Crippen LogP contribution in [0, 0.1) is 0 Å². The molecular formula is C11H16N2. The van der Waals surface area contributed by atoms with E-state index < -0.39 is 0 Å². The minimum absolute atomic E-state index is 0.532. The highest BCUT2D eigenvalue weighted by Gasteiger charge is 2.22. The molecule has 1 aliphatic rings. The van der Waals surface area contributed by atoms with E-state index in [9.17, 15) is 0 Å². The number of nitrogens with zero attached hydrogens (tertiary/aromatic N) is 2. The Hall–Kier alpha value is -0.890. The zero-order chi connectivity index (χ0) is 9.26. The van der Waals surface area contributed by atoms with Gasteiger partial charge in [-0.1, -0.05) is 6.07 Å². The molecule has 1 aliphatic carbocycles. The van der Waals surface area contributed by atoms with Gasteiger partial charge in [0.05, 0.1) is 11.7 Å². The molecule has 13 heavy (non-hydrogen) atoms. The van der Waals surface area contributed by atoms with Crippen LogP contribution in [0.25, 0.3) is 0 Å². The molecule has 0 amide bonds. The average Bonchev–Trinajstić information content (AvgIpc) is 2.17. The molecule has 0 radical (unpaired) electrons. The predicted molar refractivity (Wildman–Crippen MR) is 53.6 cm³/mol. The Bertz CT molecular complexity index is 294. The summed E-state index contributed by atoms with van der Waals surface area (Å²) in [6, 6.07) is 4.78. The van der Waals surface area contributed by atoms with E-state index in [0.717, 1.165) is 0 Å². The van der Waals surface area contributed by atoms with Gasteiger partial charge in [-0.25, -0.2) is 0 Å². The molecule has 0 aliphatic heterocycles. The van der Waals surface area contributed by atoms with E-state index in [-0.39, 0.29) is 0 Å². The third kappa shape index (κ3) is 1.59. The zero-order valence-corrected chi connectivity index (χ0v) is 8.33. The van der Waals surface area contributed by atoms with Crippen LogP contribution in [0.1, 0.15) is 30.1 Å². The Balaban J connectivity index is 2.37. The molecular weight excluding hydrogens is 160 g/mol. The van der Waals surface area contributed by atoms with Gasteiger partial charge in [-0.05, 0) is 45.0 Å². The van der Waals surface area contributed by atoms with Crippen molar-refractivity contribution in [3.05, 3.63) is 29.6 Å². The lowest BCUT2D eigenvalue weighted by Crippen LogP contribution is -2.25. The average molecular weight is 176 g/mol. The van der Waals surface area contributed by atoms with Crippen molar-refractivity contribution in [2.24, 2.45) is 0 Å². The Morgan fingerprint density at radius 3 is 3.08 bits per heavy atom. The summed E-state index contributed by atoms with van der Waals surface area (Å²) in [5.41, 5.74) is 2.73. The summed E-state index contributed by atoms with van der Waals surface area (Å²) in [5.74, 6) is 0. The molecule has 2 heteroatoms. The largest absolute Gasteiger partial charge is 0.301 e. The molecule has 0 aromatic carbocycles. The van der Waals surface area contributed by atoms with E-state index in [1.54, 1.807) is 0 Å². The third-order valence-electron chi connectivity index (χ3n) is 2.79. The molecule has 0 saturated carbocycles. The Kier molecular flexibility index (Phi) is 2.32. The number of aromatic nitrogens is 1. The highest BCUT2D eigenvalue weighted by Crippen LogP contribution is 2.30. The van der Waals surface area contributed by atoms with Gasteiger partial charge in [0.15, 0.2) is 0 Å². The van der Waals surface area contributed by atoms with Gasteiger partial charge in [-0.3, -0.25) is 4.98 Å². The van der Waals surface area contributed by atoms with Crippen LogP contribution >= 0.6 is 0 Å². The van der Waals surface area contributed by atoms with Gasteiger partial charge in [0, 0.05) is 6.20 Å². The molecule has 2 rings (SSSR count). The quantitative estimate of drug-likeness (QED) is 0.650. The van der Waals surface area contributed by atoms with Crippen molar-refractivity contribution in [2.45, 2.75) is 25.3 Å². The van der Waals surface area contributed by atoms with Crippen LogP contribution < -0.4 is 0 Å². The second kappa shape index (κ2) is 3.46. The number of hydrogen-bond donors (Lipinski definition) is 0. The lowest BCUT2D eigenvalue weighted by Gasteiger charge is -2.29. The summed E-state index contributed by atoms with van der Waals surface area (Å²) < 4.78 is 0. The highest BCUT2D eigenvalue weighted by atomic mass is 15.1. The molecule has 1 aromatic rings. The van der Waals surface area contributed by atoms with Crippen LogP contribution in [-0.2, 0) is 6.42 Å². The first kappa shape index (κ1) is 8.70. The first-order valence-electron chi connectivity index (χ1n) is 4.89. The maximum atomic E-state index is 4.48. The van der Waals surface area contributed by atoms with Crippen LogP contribution in [0.5, 0.6) is 0 Å². The maximum absolute atomic E-state index is 4.48. The van der Waals surface area contributed by atoms with Crippen molar-refractivity contribution in [3.63, 3.8) is 0 Å². The molecule has 0 bridgehead atoms. The lowest BCUT2D eigenvalue weighted by atomic mass is 9.91. The Morgan fingerprint density at radius 2 is 2.31 bits per heavy atom. The molecule has 0 spiro atoms. The van der Waals surface area contributed by atoms with Crippen molar-refractivity contribution in [2.75, 3.05) is 14.1 Å². The summed E-state index contributed by atoms with van der Waals surface area (Å²) >= 11 is 0. The minimum Gasteiger partial charge on any atom is -0.301 e. The Labute approximate surface area is 79.6 Å². The number of rotatable bonds is 1. The summed E-state index contributed by atoms with van der Waals surface area (Å²) in [4.78, 5) is 6.75. The SMILES string of the molecule is CN(C)[C@H]1CCCc2cccnc21. The molecule has 2 nitrogen and oxygen atoms in total. The molecule has 1 atom stereocenters. The van der Waals surface area contributed by atoms with Crippen LogP contribution in [0.2, 0.25) is 0 Å². The first-order chi connectivity index (χ1) is 6.29. The summed E-state index contributed by atoms with van der Waals surface area (Å²) in [7, 11) is 4.27. The molecule has 0 N–H and O–H groups in total. The second-order valence-electron chi connectivity index (χ2n) is 3.92. The minimum atomic E-state index is 0.532. The van der Waals surface area contributed by atoms with Crippen molar-refractivity contribution < 1.29 is 0 Å². The molecule has 1 aromatic heterocycles. The summed E-state index contributed by atoms with van der Waals surface area (Å²) in [5, 5.41) is 0. The van der Waals surface area contributed by atoms with Crippen molar-refractivity contribution >= 4 is 0 Å². The number of aryl methyl sites for hydroxylation is 1. The number of pyridine rings is 1. The lowest BCUT2D eigenvalue weighted by molar-refractivity contribution is 0.262. The van der Waals surface area contributed by atoms with Gasteiger partial charge < -0.3 is 4.90 Å². The summed E-state index contributed by atoms with van der Waals surface area (Å²) in [6.45, 7) is 0. The van der Waals surface area contributed by atoms with Crippen molar-refractivity contribution in [1.29, 1.82) is 0 Å². The van der Waals surface area contributed by atoms with Crippen LogP contribution in [0.15, 0.2) is 18.3 Å². The summed E-state index contributed by atoms with van der Waals surface area (Å²) in [6.07, 6.45) is 5.65. The number of fused-ring (bicyclic) bond motifs is 1. The van der Waals surface area contributed by atoms with E-state index in [4.69, 9.17) is 0 Å². The monoisotopic (exact) mass is 176 g/mol. The van der Waals surface area contributed by atoms with Gasteiger partial charge in [0.2, 0.25) is 0 Å². The number of hydrogen-bond acceptors (Lipinski definition) is 2. The topological polar surface area (TPSA) is 16.1 Å². The van der Waals surface area contributed by atoms with E-state index in [1.165, 1.54) is 30.5 Å². The smallest absolute Gasteiger partial charge is 0.0607 e. The molecule has 0 unspecified atom stereocenters. The van der Waals surface area contributed by atoms with E-state index in [0.29, 0.717) is 6.04 Å². The standard InChI is InChI=1S/C11H16N2/c1-13(2)10-7-3-5-9-6-4-8-12-11(9)10/h4,6,8,10H,3,5,7H2,1-2H3/t10-/m0/s1. The fraction of sp³-hybridized carbons (Fsp3) is 0.545. The van der Waals surface area contributed by atoms with Gasteiger partial charge in [-0.2, -0.15) is 0 Å². The molecule has 0 fully saturated rings. The zero-order valence-electron chi connectivity index (χ0n) is 8.33. The van der Waals surface area contributed by atoms with Crippen LogP contribution in [0.4, 0.5) is 0 Å². The highest BCUT2D eigenvalue weighted by molar-refractivity contribution is 5.25. The fourth-order valence-corrected chi connectivity index (χ4v) is 2.09. The molecule has 0 saturated heterocycles.